The van der Waals surface area contributed by atoms with Crippen LogP contribution in [0.1, 0.15) is 25.5 Å². The number of aromatic nitrogens is 1. The molecule has 0 radical (unpaired) electrons. The van der Waals surface area contributed by atoms with Crippen LogP contribution in [0.15, 0.2) is 65.2 Å². The fraction of sp³-hybridized carbons (Fsp3) is 0.320. The quantitative estimate of drug-likeness (QED) is 0.469. The van der Waals surface area contributed by atoms with E-state index in [-0.39, 0.29) is 17.5 Å². The molecule has 0 spiro atoms. The van der Waals surface area contributed by atoms with E-state index in [9.17, 15) is 25.2 Å². The molecule has 4 rings (SSSR count). The highest BCUT2D eigenvalue weighted by Gasteiger charge is 2.39. The van der Waals surface area contributed by atoms with Crippen LogP contribution >= 0.6 is 0 Å². The Balaban J connectivity index is 1.66. The molecule has 1 aromatic heterocycles. The molecule has 0 aliphatic carbocycles. The van der Waals surface area contributed by atoms with Crippen LogP contribution in [-0.2, 0) is 4.74 Å². The van der Waals surface area contributed by atoms with Crippen molar-refractivity contribution in [2.24, 2.45) is 0 Å². The van der Waals surface area contributed by atoms with Gasteiger partial charge in [-0.2, -0.15) is 0 Å². The number of rotatable bonds is 5. The van der Waals surface area contributed by atoms with E-state index in [0.29, 0.717) is 16.7 Å². The summed E-state index contributed by atoms with van der Waals surface area (Å²) in [6, 6.07) is 13.1. The van der Waals surface area contributed by atoms with Gasteiger partial charge in [0.25, 0.3) is 5.56 Å². The van der Waals surface area contributed by atoms with Gasteiger partial charge in [-0.25, -0.2) is 0 Å². The largest absolute Gasteiger partial charge is 0.504 e. The average molecular weight is 453 g/mol. The third kappa shape index (κ3) is 4.20. The van der Waals surface area contributed by atoms with Crippen molar-refractivity contribution in [3.63, 3.8) is 0 Å². The molecule has 8 nitrogen and oxygen atoms in total. The smallest absolute Gasteiger partial charge is 0.327 e. The molecule has 3 atom stereocenters. The first-order chi connectivity index (χ1) is 15.7. The van der Waals surface area contributed by atoms with E-state index < -0.39 is 30.7 Å². The lowest BCUT2D eigenvalue weighted by atomic mass is 10.00. The molecule has 4 N–H and O–H groups in total. The second-order valence-electron chi connectivity index (χ2n) is 8.45. The van der Waals surface area contributed by atoms with Crippen LogP contribution in [-0.4, -0.2) is 49.9 Å². The van der Waals surface area contributed by atoms with Crippen molar-refractivity contribution >= 4 is 10.8 Å². The van der Waals surface area contributed by atoms with Crippen molar-refractivity contribution in [1.82, 2.24) is 4.57 Å². The van der Waals surface area contributed by atoms with Crippen molar-refractivity contribution in [3.05, 3.63) is 76.3 Å². The molecule has 174 valence electrons. The summed E-state index contributed by atoms with van der Waals surface area (Å²) in [4.78, 5) is 12.9. The molecular weight excluding hydrogens is 426 g/mol. The molecule has 0 bridgehead atoms. The Morgan fingerprint density at radius 1 is 1.09 bits per heavy atom. The average Bonchev–Trinajstić information content (AvgIpc) is 2.80. The minimum atomic E-state index is -1.63. The molecule has 1 unspecified atom stereocenters. The second-order valence-corrected chi connectivity index (χ2v) is 8.45. The van der Waals surface area contributed by atoms with Crippen molar-refractivity contribution in [2.75, 3.05) is 6.61 Å². The summed E-state index contributed by atoms with van der Waals surface area (Å²) < 4.78 is 12.6. The maximum absolute atomic E-state index is 12.9. The number of ether oxygens (including phenoxy) is 2. The SMILES string of the molecule is Cc1cc(-c2ccc3ccn(C(C)C)c(=O)c3c2)ccc1OC1=C(O)[C@@H](O)[C@H](O)C(CO)O1. The van der Waals surface area contributed by atoms with E-state index in [1.165, 1.54) is 0 Å². The second kappa shape index (κ2) is 8.90. The number of fused-ring (bicyclic) bond motifs is 1. The monoisotopic (exact) mass is 453 g/mol. The van der Waals surface area contributed by atoms with Crippen LogP contribution < -0.4 is 10.3 Å². The summed E-state index contributed by atoms with van der Waals surface area (Å²) >= 11 is 0. The van der Waals surface area contributed by atoms with Gasteiger partial charge in [0.15, 0.2) is 6.10 Å². The van der Waals surface area contributed by atoms with Gasteiger partial charge in [0.2, 0.25) is 5.76 Å². The first-order valence-corrected chi connectivity index (χ1v) is 10.7. The van der Waals surface area contributed by atoms with Gasteiger partial charge in [0.05, 0.1) is 6.61 Å². The first-order valence-electron chi connectivity index (χ1n) is 10.7. The van der Waals surface area contributed by atoms with Crippen molar-refractivity contribution in [2.45, 2.75) is 45.1 Å². The molecule has 2 heterocycles. The Labute approximate surface area is 190 Å². The highest BCUT2D eigenvalue weighted by molar-refractivity contribution is 5.86. The van der Waals surface area contributed by atoms with Gasteiger partial charge < -0.3 is 34.5 Å². The Bertz CT molecular complexity index is 1280. The molecule has 33 heavy (non-hydrogen) atoms. The summed E-state index contributed by atoms with van der Waals surface area (Å²) in [5.74, 6) is -0.655. The molecular formula is C25H27NO7. The lowest BCUT2D eigenvalue weighted by molar-refractivity contribution is -0.133. The summed E-state index contributed by atoms with van der Waals surface area (Å²) in [7, 11) is 0. The normalized spacial score (nSPS) is 20.9. The van der Waals surface area contributed by atoms with E-state index in [1.807, 2.05) is 50.2 Å². The number of hydrogen-bond donors (Lipinski definition) is 4. The molecule has 0 amide bonds. The molecule has 0 fully saturated rings. The van der Waals surface area contributed by atoms with E-state index >= 15 is 0 Å². The molecule has 0 saturated heterocycles. The Hall–Kier alpha value is -3.33. The molecule has 1 aliphatic heterocycles. The Morgan fingerprint density at radius 2 is 1.79 bits per heavy atom. The van der Waals surface area contributed by atoms with Gasteiger partial charge in [0, 0.05) is 17.6 Å². The van der Waals surface area contributed by atoms with Gasteiger partial charge in [-0.15, -0.1) is 0 Å². The lowest BCUT2D eigenvalue weighted by Crippen LogP contribution is -2.47. The summed E-state index contributed by atoms with van der Waals surface area (Å²) in [6.45, 7) is 5.17. The summed E-state index contributed by atoms with van der Waals surface area (Å²) in [5, 5.41) is 40.7. The standard InChI is InChI=1S/C25H27NO7/c1-13(2)26-9-8-15-4-5-17(11-18(15)24(26)31)16-6-7-19(14(3)10-16)32-25-23(30)22(29)21(28)20(12-27)33-25/h4-11,13,20-22,27-30H,12H2,1-3H3/t20?,21-,22+/m1/s1. The zero-order valence-corrected chi connectivity index (χ0v) is 18.6. The minimum Gasteiger partial charge on any atom is -0.504 e. The fourth-order valence-electron chi connectivity index (χ4n) is 3.86. The topological polar surface area (TPSA) is 121 Å². The fourth-order valence-corrected chi connectivity index (χ4v) is 3.86. The zero-order chi connectivity index (χ0) is 23.9. The maximum Gasteiger partial charge on any atom is 0.327 e. The number of nitrogens with zero attached hydrogens (tertiary/aromatic N) is 1. The van der Waals surface area contributed by atoms with Gasteiger partial charge in [0.1, 0.15) is 18.0 Å². The minimum absolute atomic E-state index is 0.0444. The number of hydrogen-bond acceptors (Lipinski definition) is 7. The first kappa shape index (κ1) is 22.8. The highest BCUT2D eigenvalue weighted by atomic mass is 16.7. The predicted octanol–water partition coefficient (Wildman–Crippen LogP) is 2.78. The van der Waals surface area contributed by atoms with Crippen molar-refractivity contribution in [1.29, 1.82) is 0 Å². The van der Waals surface area contributed by atoms with E-state index in [0.717, 1.165) is 16.5 Å². The van der Waals surface area contributed by atoms with Crippen LogP contribution in [0.3, 0.4) is 0 Å². The van der Waals surface area contributed by atoms with Crippen LogP contribution in [0.2, 0.25) is 0 Å². The summed E-state index contributed by atoms with van der Waals surface area (Å²) in [6.07, 6.45) is -2.42. The van der Waals surface area contributed by atoms with Gasteiger partial charge in [-0.1, -0.05) is 18.2 Å². The molecule has 2 aromatic carbocycles. The molecule has 0 saturated carbocycles. The zero-order valence-electron chi connectivity index (χ0n) is 18.6. The van der Waals surface area contributed by atoms with Crippen molar-refractivity contribution in [3.8, 4) is 16.9 Å². The third-order valence-electron chi connectivity index (χ3n) is 5.83. The van der Waals surface area contributed by atoms with E-state index in [4.69, 9.17) is 9.47 Å². The third-order valence-corrected chi connectivity index (χ3v) is 5.83. The van der Waals surface area contributed by atoms with Crippen molar-refractivity contribution < 1.29 is 29.9 Å². The van der Waals surface area contributed by atoms with Gasteiger partial charge >= 0.3 is 5.95 Å². The number of aryl methyl sites for hydroxylation is 1. The predicted molar refractivity (Wildman–Crippen MR) is 123 cm³/mol. The Morgan fingerprint density at radius 3 is 2.45 bits per heavy atom. The maximum atomic E-state index is 12.9. The van der Waals surface area contributed by atoms with Crippen LogP contribution in [0.5, 0.6) is 5.75 Å². The number of aliphatic hydroxyl groups is 4. The van der Waals surface area contributed by atoms with Crippen LogP contribution in [0.4, 0.5) is 0 Å². The number of benzene rings is 2. The van der Waals surface area contributed by atoms with E-state index in [1.54, 1.807) is 23.8 Å². The lowest BCUT2D eigenvalue weighted by Gasteiger charge is -2.32. The highest BCUT2D eigenvalue weighted by Crippen LogP contribution is 2.31. The van der Waals surface area contributed by atoms with E-state index in [2.05, 4.69) is 0 Å². The number of pyridine rings is 1. The van der Waals surface area contributed by atoms with Crippen LogP contribution in [0, 0.1) is 6.92 Å². The molecule has 8 heteroatoms. The van der Waals surface area contributed by atoms with Crippen LogP contribution in [0.25, 0.3) is 21.9 Å². The summed E-state index contributed by atoms with van der Waals surface area (Å²) in [5.41, 5.74) is 2.40. The Kier molecular flexibility index (Phi) is 6.16. The molecule has 3 aromatic rings. The number of aliphatic hydroxyl groups excluding tert-OH is 4. The van der Waals surface area contributed by atoms with Gasteiger partial charge in [-0.05, 0) is 67.1 Å². The molecule has 1 aliphatic rings. The van der Waals surface area contributed by atoms with Gasteiger partial charge in [-0.3, -0.25) is 4.79 Å².